The Bertz CT molecular complexity index is 336. The van der Waals surface area contributed by atoms with Gasteiger partial charge in [0.05, 0.1) is 0 Å². The van der Waals surface area contributed by atoms with Crippen LogP contribution >= 0.6 is 0 Å². The van der Waals surface area contributed by atoms with Crippen LogP contribution in [0.3, 0.4) is 0 Å². The number of nitrogens with zero attached hydrogens (tertiary/aromatic N) is 1. The first-order valence-corrected chi connectivity index (χ1v) is 4.71. The van der Waals surface area contributed by atoms with Crippen molar-refractivity contribution >= 4 is 11.9 Å². The third-order valence-corrected chi connectivity index (χ3v) is 3.24. The molecular formula is C10H13NO3. The summed E-state index contributed by atoms with van der Waals surface area (Å²) in [6.45, 7) is 5.74. The zero-order valence-electron chi connectivity index (χ0n) is 8.12. The van der Waals surface area contributed by atoms with Gasteiger partial charge in [0.1, 0.15) is 5.54 Å². The highest BCUT2D eigenvalue weighted by molar-refractivity contribution is 5.98. The molecule has 14 heavy (non-hydrogen) atoms. The van der Waals surface area contributed by atoms with Crippen LogP contribution in [0.1, 0.15) is 19.8 Å². The van der Waals surface area contributed by atoms with E-state index in [-0.39, 0.29) is 11.8 Å². The molecule has 0 spiro atoms. The number of carbonyl (C=O) groups is 2. The summed E-state index contributed by atoms with van der Waals surface area (Å²) in [5.74, 6) is -0.912. The summed E-state index contributed by atoms with van der Waals surface area (Å²) in [6, 6.07) is 0. The number of hydrogen-bond donors (Lipinski definition) is 1. The summed E-state index contributed by atoms with van der Waals surface area (Å²) < 4.78 is 0. The SMILES string of the molecule is C=C(C)C(=O)N1CCC2C[C@]21C(=O)O. The van der Waals surface area contributed by atoms with Crippen molar-refractivity contribution in [3.63, 3.8) is 0 Å². The van der Waals surface area contributed by atoms with E-state index < -0.39 is 11.5 Å². The van der Waals surface area contributed by atoms with Crippen molar-refractivity contribution in [3.05, 3.63) is 12.2 Å². The Labute approximate surface area is 82.2 Å². The maximum absolute atomic E-state index is 11.7. The van der Waals surface area contributed by atoms with E-state index in [1.165, 1.54) is 4.90 Å². The Hall–Kier alpha value is -1.32. The number of amides is 1. The van der Waals surface area contributed by atoms with Gasteiger partial charge in [0.2, 0.25) is 5.91 Å². The van der Waals surface area contributed by atoms with Crippen molar-refractivity contribution in [3.8, 4) is 0 Å². The van der Waals surface area contributed by atoms with Crippen molar-refractivity contribution in [1.29, 1.82) is 0 Å². The van der Waals surface area contributed by atoms with Gasteiger partial charge in [0, 0.05) is 12.1 Å². The summed E-state index contributed by atoms with van der Waals surface area (Å²) >= 11 is 0. The van der Waals surface area contributed by atoms with Crippen molar-refractivity contribution in [2.45, 2.75) is 25.3 Å². The number of carboxylic acids is 1. The standard InChI is InChI=1S/C10H13NO3/c1-6(2)8(12)11-4-3-7-5-10(7,11)9(13)14/h7H,1,3-5H2,2H3,(H,13,14)/t7?,10-/m1/s1. The van der Waals surface area contributed by atoms with E-state index in [1.807, 2.05) is 0 Å². The molecule has 1 amide bonds. The maximum Gasteiger partial charge on any atom is 0.329 e. The van der Waals surface area contributed by atoms with Crippen molar-refractivity contribution in [2.24, 2.45) is 5.92 Å². The topological polar surface area (TPSA) is 57.6 Å². The van der Waals surface area contributed by atoms with Crippen LogP contribution in [0.15, 0.2) is 12.2 Å². The van der Waals surface area contributed by atoms with E-state index in [4.69, 9.17) is 5.11 Å². The monoisotopic (exact) mass is 195 g/mol. The summed E-state index contributed by atoms with van der Waals surface area (Å²) in [6.07, 6.45) is 1.42. The molecule has 1 heterocycles. The van der Waals surface area contributed by atoms with Gasteiger partial charge < -0.3 is 10.0 Å². The Morgan fingerprint density at radius 3 is 2.64 bits per heavy atom. The van der Waals surface area contributed by atoms with E-state index >= 15 is 0 Å². The Morgan fingerprint density at radius 1 is 1.57 bits per heavy atom. The number of carbonyl (C=O) groups excluding carboxylic acids is 1. The average Bonchev–Trinajstić information content (AvgIpc) is 2.73. The summed E-state index contributed by atoms with van der Waals surface area (Å²) in [4.78, 5) is 24.2. The smallest absolute Gasteiger partial charge is 0.329 e. The molecule has 1 saturated heterocycles. The maximum atomic E-state index is 11.7. The van der Waals surface area contributed by atoms with Crippen LogP contribution in [-0.4, -0.2) is 34.0 Å². The van der Waals surface area contributed by atoms with Gasteiger partial charge in [-0.2, -0.15) is 0 Å². The second-order valence-electron chi connectivity index (χ2n) is 4.16. The van der Waals surface area contributed by atoms with Gasteiger partial charge >= 0.3 is 5.97 Å². The lowest BCUT2D eigenvalue weighted by Crippen LogP contribution is -2.45. The molecule has 2 fully saturated rings. The van der Waals surface area contributed by atoms with Gasteiger partial charge in [-0.3, -0.25) is 4.79 Å². The molecule has 1 unspecified atom stereocenters. The van der Waals surface area contributed by atoms with E-state index in [2.05, 4.69) is 6.58 Å². The zero-order valence-corrected chi connectivity index (χ0v) is 8.12. The van der Waals surface area contributed by atoms with Gasteiger partial charge in [-0.05, 0) is 25.7 Å². The first-order valence-electron chi connectivity index (χ1n) is 4.71. The van der Waals surface area contributed by atoms with Crippen LogP contribution < -0.4 is 0 Å². The minimum Gasteiger partial charge on any atom is -0.479 e. The fourth-order valence-electron chi connectivity index (χ4n) is 2.36. The lowest BCUT2D eigenvalue weighted by molar-refractivity contribution is -0.149. The summed E-state index contributed by atoms with van der Waals surface area (Å²) in [7, 11) is 0. The highest BCUT2D eigenvalue weighted by atomic mass is 16.4. The first-order chi connectivity index (χ1) is 6.50. The van der Waals surface area contributed by atoms with E-state index in [0.717, 1.165) is 6.42 Å². The van der Waals surface area contributed by atoms with E-state index in [0.29, 0.717) is 18.5 Å². The first kappa shape index (κ1) is 9.24. The molecule has 0 bridgehead atoms. The normalized spacial score (nSPS) is 33.8. The predicted molar refractivity (Wildman–Crippen MR) is 49.6 cm³/mol. The Balaban J connectivity index is 2.25. The van der Waals surface area contributed by atoms with Crippen LogP contribution in [0.4, 0.5) is 0 Å². The molecule has 1 saturated carbocycles. The van der Waals surface area contributed by atoms with Crippen molar-refractivity contribution in [1.82, 2.24) is 4.90 Å². The molecule has 1 aliphatic heterocycles. The number of likely N-dealkylation sites (tertiary alicyclic amines) is 1. The molecule has 1 N–H and O–H groups in total. The van der Waals surface area contributed by atoms with Crippen LogP contribution in [0.5, 0.6) is 0 Å². The molecular weight excluding hydrogens is 182 g/mol. The number of aliphatic carboxylic acids is 1. The number of hydrogen-bond acceptors (Lipinski definition) is 2. The molecule has 1 aliphatic carbocycles. The lowest BCUT2D eigenvalue weighted by atomic mass is 10.2. The molecule has 4 heteroatoms. The zero-order chi connectivity index (χ0) is 10.5. The summed E-state index contributed by atoms with van der Waals surface area (Å²) in [5, 5.41) is 9.09. The summed E-state index contributed by atoms with van der Waals surface area (Å²) in [5.41, 5.74) is -0.464. The van der Waals surface area contributed by atoms with Gasteiger partial charge in [0.25, 0.3) is 0 Å². The second kappa shape index (κ2) is 2.59. The molecule has 0 aromatic carbocycles. The fourth-order valence-corrected chi connectivity index (χ4v) is 2.36. The number of carboxylic acid groups (broad SMARTS) is 1. The van der Waals surface area contributed by atoms with Crippen molar-refractivity contribution < 1.29 is 14.7 Å². The average molecular weight is 195 g/mol. The van der Waals surface area contributed by atoms with Crippen molar-refractivity contribution in [2.75, 3.05) is 6.54 Å². The highest BCUT2D eigenvalue weighted by Gasteiger charge is 2.68. The third kappa shape index (κ3) is 0.937. The predicted octanol–water partition coefficient (Wildman–Crippen LogP) is 0.638. The number of fused-ring (bicyclic) bond motifs is 1. The number of rotatable bonds is 2. The lowest BCUT2D eigenvalue weighted by Gasteiger charge is -2.25. The van der Waals surface area contributed by atoms with Gasteiger partial charge in [-0.15, -0.1) is 0 Å². The van der Waals surface area contributed by atoms with E-state index in [1.54, 1.807) is 6.92 Å². The molecule has 76 valence electrons. The van der Waals surface area contributed by atoms with Crippen LogP contribution in [0, 0.1) is 5.92 Å². The Kier molecular flexibility index (Phi) is 1.71. The van der Waals surface area contributed by atoms with Crippen LogP contribution in [0.25, 0.3) is 0 Å². The van der Waals surface area contributed by atoms with Gasteiger partial charge in [-0.1, -0.05) is 6.58 Å². The van der Waals surface area contributed by atoms with Crippen LogP contribution in [0.2, 0.25) is 0 Å². The molecule has 2 aliphatic rings. The second-order valence-corrected chi connectivity index (χ2v) is 4.16. The van der Waals surface area contributed by atoms with Gasteiger partial charge in [-0.25, -0.2) is 4.79 Å². The third-order valence-electron chi connectivity index (χ3n) is 3.24. The molecule has 4 nitrogen and oxygen atoms in total. The Morgan fingerprint density at radius 2 is 2.21 bits per heavy atom. The van der Waals surface area contributed by atoms with E-state index in [9.17, 15) is 9.59 Å². The molecule has 2 atom stereocenters. The molecule has 0 aromatic rings. The minimum atomic E-state index is -0.879. The highest BCUT2D eigenvalue weighted by Crippen LogP contribution is 2.56. The molecule has 0 radical (unpaired) electrons. The fraction of sp³-hybridized carbons (Fsp3) is 0.600. The largest absolute Gasteiger partial charge is 0.479 e. The molecule has 0 aromatic heterocycles. The molecule has 2 rings (SSSR count). The number of piperidine rings is 1. The minimum absolute atomic E-state index is 0.170. The van der Waals surface area contributed by atoms with Crippen LogP contribution in [-0.2, 0) is 9.59 Å². The van der Waals surface area contributed by atoms with Gasteiger partial charge in [0.15, 0.2) is 0 Å². The quantitative estimate of drug-likeness (QED) is 0.658.